The third-order valence-corrected chi connectivity index (χ3v) is 3.23. The molecule has 0 aromatic heterocycles. The van der Waals surface area contributed by atoms with Crippen LogP contribution in [0.1, 0.15) is 6.42 Å². The third kappa shape index (κ3) is 3.45. The molecule has 2 rings (SSSR count). The molecule has 1 saturated heterocycles. The van der Waals surface area contributed by atoms with E-state index in [9.17, 15) is 4.79 Å². The van der Waals surface area contributed by atoms with Crippen LogP contribution in [-0.2, 0) is 9.53 Å². The minimum atomic E-state index is -0.0431. The first-order valence-corrected chi connectivity index (χ1v) is 6.44. The minimum Gasteiger partial charge on any atom is -0.495 e. The Morgan fingerprint density at radius 2 is 2.32 bits per heavy atom. The van der Waals surface area contributed by atoms with Crippen LogP contribution in [0.5, 0.6) is 5.75 Å². The van der Waals surface area contributed by atoms with E-state index in [1.54, 1.807) is 19.1 Å². The van der Waals surface area contributed by atoms with Gasteiger partial charge in [0, 0.05) is 20.1 Å². The highest BCUT2D eigenvalue weighted by Gasteiger charge is 2.21. The second-order valence-electron chi connectivity index (χ2n) is 4.53. The van der Waals surface area contributed by atoms with Crippen molar-refractivity contribution in [2.75, 3.05) is 38.8 Å². The van der Waals surface area contributed by atoms with Crippen LogP contribution < -0.4 is 15.0 Å². The lowest BCUT2D eigenvalue weighted by molar-refractivity contribution is -0.121. The predicted molar refractivity (Wildman–Crippen MR) is 73.6 cm³/mol. The van der Waals surface area contributed by atoms with Crippen LogP contribution in [0.3, 0.4) is 0 Å². The zero-order valence-electron chi connectivity index (χ0n) is 11.4. The Labute approximate surface area is 113 Å². The van der Waals surface area contributed by atoms with Gasteiger partial charge in [0.15, 0.2) is 0 Å². The zero-order valence-corrected chi connectivity index (χ0v) is 11.4. The SMILES string of the molecule is COc1ccccc1N(C)C(=O)CC1CNCCO1. The van der Waals surface area contributed by atoms with Gasteiger partial charge in [-0.25, -0.2) is 0 Å². The molecule has 1 atom stereocenters. The maximum absolute atomic E-state index is 12.2. The molecule has 19 heavy (non-hydrogen) atoms. The van der Waals surface area contributed by atoms with E-state index in [-0.39, 0.29) is 12.0 Å². The van der Waals surface area contributed by atoms with Crippen molar-refractivity contribution in [3.8, 4) is 5.75 Å². The van der Waals surface area contributed by atoms with E-state index in [0.29, 0.717) is 18.8 Å². The van der Waals surface area contributed by atoms with E-state index in [4.69, 9.17) is 9.47 Å². The van der Waals surface area contributed by atoms with E-state index in [2.05, 4.69) is 5.32 Å². The van der Waals surface area contributed by atoms with Gasteiger partial charge in [0.05, 0.1) is 31.9 Å². The van der Waals surface area contributed by atoms with Crippen molar-refractivity contribution in [1.29, 1.82) is 0 Å². The van der Waals surface area contributed by atoms with Crippen molar-refractivity contribution in [2.45, 2.75) is 12.5 Å². The Morgan fingerprint density at radius 1 is 1.53 bits per heavy atom. The molecule has 1 fully saturated rings. The highest BCUT2D eigenvalue weighted by atomic mass is 16.5. The largest absolute Gasteiger partial charge is 0.495 e. The summed E-state index contributed by atoms with van der Waals surface area (Å²) in [4.78, 5) is 13.9. The summed E-state index contributed by atoms with van der Waals surface area (Å²) in [6, 6.07) is 7.49. The molecule has 1 aromatic carbocycles. The summed E-state index contributed by atoms with van der Waals surface area (Å²) in [5.41, 5.74) is 0.777. The van der Waals surface area contributed by atoms with Crippen LogP contribution >= 0.6 is 0 Å². The topological polar surface area (TPSA) is 50.8 Å². The molecule has 1 amide bonds. The molecule has 1 aliphatic heterocycles. The number of methoxy groups -OCH3 is 1. The van der Waals surface area contributed by atoms with Gasteiger partial charge in [-0.05, 0) is 12.1 Å². The Balaban J connectivity index is 2.01. The summed E-state index contributed by atoms with van der Waals surface area (Å²) in [7, 11) is 3.36. The van der Waals surface area contributed by atoms with Crippen LogP contribution in [-0.4, -0.2) is 45.9 Å². The van der Waals surface area contributed by atoms with Gasteiger partial charge in [-0.1, -0.05) is 12.1 Å². The number of ether oxygens (including phenoxy) is 2. The number of morpholine rings is 1. The van der Waals surface area contributed by atoms with E-state index in [0.717, 1.165) is 18.8 Å². The fourth-order valence-corrected chi connectivity index (χ4v) is 2.12. The first-order valence-electron chi connectivity index (χ1n) is 6.44. The van der Waals surface area contributed by atoms with Gasteiger partial charge in [0.1, 0.15) is 5.75 Å². The number of benzene rings is 1. The zero-order chi connectivity index (χ0) is 13.7. The first-order chi connectivity index (χ1) is 9.22. The maximum Gasteiger partial charge on any atom is 0.229 e. The Kier molecular flexibility index (Phi) is 4.76. The molecular formula is C14H20N2O3. The lowest BCUT2D eigenvalue weighted by Crippen LogP contribution is -2.41. The van der Waals surface area contributed by atoms with Crippen molar-refractivity contribution in [3.63, 3.8) is 0 Å². The first kappa shape index (κ1) is 13.8. The quantitative estimate of drug-likeness (QED) is 0.882. The van der Waals surface area contributed by atoms with Crippen molar-refractivity contribution in [3.05, 3.63) is 24.3 Å². The van der Waals surface area contributed by atoms with Gasteiger partial charge in [-0.2, -0.15) is 0 Å². The van der Waals surface area contributed by atoms with Gasteiger partial charge in [-0.15, -0.1) is 0 Å². The lowest BCUT2D eigenvalue weighted by atomic mass is 10.2. The summed E-state index contributed by atoms with van der Waals surface area (Å²) in [6.07, 6.45) is 0.333. The number of anilines is 1. The standard InChI is InChI=1S/C14H20N2O3/c1-16(12-5-3-4-6-13(12)18-2)14(17)9-11-10-15-7-8-19-11/h3-6,11,15H,7-10H2,1-2H3. The van der Waals surface area contributed by atoms with Crippen molar-refractivity contribution in [1.82, 2.24) is 5.32 Å². The molecular weight excluding hydrogens is 244 g/mol. The molecule has 0 radical (unpaired) electrons. The second kappa shape index (κ2) is 6.54. The number of nitrogens with one attached hydrogen (secondary N) is 1. The number of amides is 1. The average molecular weight is 264 g/mol. The number of hydrogen-bond acceptors (Lipinski definition) is 4. The van der Waals surface area contributed by atoms with Crippen LogP contribution in [0.4, 0.5) is 5.69 Å². The van der Waals surface area contributed by atoms with Crippen LogP contribution in [0.25, 0.3) is 0 Å². The molecule has 1 N–H and O–H groups in total. The number of nitrogens with zero attached hydrogens (tertiary/aromatic N) is 1. The van der Waals surface area contributed by atoms with E-state index in [1.807, 2.05) is 24.3 Å². The number of hydrogen-bond donors (Lipinski definition) is 1. The lowest BCUT2D eigenvalue weighted by Gasteiger charge is -2.26. The predicted octanol–water partition coefficient (Wildman–Crippen LogP) is 1.04. The summed E-state index contributed by atoms with van der Waals surface area (Å²) >= 11 is 0. The van der Waals surface area contributed by atoms with Gasteiger partial charge < -0.3 is 19.7 Å². The highest BCUT2D eigenvalue weighted by molar-refractivity contribution is 5.94. The third-order valence-electron chi connectivity index (χ3n) is 3.23. The molecule has 0 aliphatic carbocycles. The van der Waals surface area contributed by atoms with Crippen LogP contribution in [0, 0.1) is 0 Å². The van der Waals surface area contributed by atoms with Gasteiger partial charge >= 0.3 is 0 Å². The van der Waals surface area contributed by atoms with Crippen molar-refractivity contribution >= 4 is 11.6 Å². The monoisotopic (exact) mass is 264 g/mol. The van der Waals surface area contributed by atoms with Gasteiger partial charge in [0.2, 0.25) is 5.91 Å². The Hall–Kier alpha value is -1.59. The molecule has 1 heterocycles. The maximum atomic E-state index is 12.2. The van der Waals surface area contributed by atoms with Crippen LogP contribution in [0.15, 0.2) is 24.3 Å². The summed E-state index contributed by atoms with van der Waals surface area (Å²) in [5, 5.41) is 3.22. The Bertz CT molecular complexity index is 430. The van der Waals surface area contributed by atoms with Gasteiger partial charge in [-0.3, -0.25) is 4.79 Å². The molecule has 0 bridgehead atoms. The molecule has 1 unspecified atom stereocenters. The second-order valence-corrected chi connectivity index (χ2v) is 4.53. The number of carbonyl (C=O) groups is 1. The number of carbonyl (C=O) groups excluding carboxylic acids is 1. The van der Waals surface area contributed by atoms with E-state index in [1.165, 1.54) is 0 Å². The average Bonchev–Trinajstić information content (AvgIpc) is 2.47. The fraction of sp³-hybridized carbons (Fsp3) is 0.500. The molecule has 0 spiro atoms. The van der Waals surface area contributed by atoms with Crippen LogP contribution in [0.2, 0.25) is 0 Å². The number of para-hydroxylation sites is 2. The van der Waals surface area contributed by atoms with E-state index >= 15 is 0 Å². The van der Waals surface area contributed by atoms with Gasteiger partial charge in [0.25, 0.3) is 0 Å². The number of rotatable bonds is 4. The Morgan fingerprint density at radius 3 is 3.00 bits per heavy atom. The van der Waals surface area contributed by atoms with Crippen molar-refractivity contribution in [2.24, 2.45) is 0 Å². The highest BCUT2D eigenvalue weighted by Crippen LogP contribution is 2.27. The summed E-state index contributed by atoms with van der Waals surface area (Å²) in [6.45, 7) is 2.24. The normalized spacial score (nSPS) is 18.9. The van der Waals surface area contributed by atoms with E-state index < -0.39 is 0 Å². The smallest absolute Gasteiger partial charge is 0.229 e. The minimum absolute atomic E-state index is 0.0261. The molecule has 1 aliphatic rings. The van der Waals surface area contributed by atoms with Crippen molar-refractivity contribution < 1.29 is 14.3 Å². The molecule has 5 nitrogen and oxygen atoms in total. The molecule has 104 valence electrons. The fourth-order valence-electron chi connectivity index (χ4n) is 2.12. The summed E-state index contributed by atoms with van der Waals surface area (Å²) < 4.78 is 10.8. The summed E-state index contributed by atoms with van der Waals surface area (Å²) in [5.74, 6) is 0.722. The molecule has 5 heteroatoms. The molecule has 0 saturated carbocycles. The molecule has 1 aromatic rings.